The summed E-state index contributed by atoms with van der Waals surface area (Å²) in [4.78, 5) is 12.5. The predicted octanol–water partition coefficient (Wildman–Crippen LogP) is 5.51. The summed E-state index contributed by atoms with van der Waals surface area (Å²) in [5.74, 6) is 1.62. The topological polar surface area (TPSA) is 69.0 Å². The van der Waals surface area contributed by atoms with E-state index >= 15 is 0 Å². The molecule has 1 atom stereocenters. The molecule has 0 bridgehead atoms. The smallest absolute Gasteiger partial charge is 0.234 e. The van der Waals surface area contributed by atoms with E-state index in [0.29, 0.717) is 17.5 Å². The number of nitrogens with zero attached hydrogens (tertiary/aromatic N) is 3. The molecule has 0 saturated heterocycles. The summed E-state index contributed by atoms with van der Waals surface area (Å²) in [6.45, 7) is 12.5. The molecule has 1 unspecified atom stereocenters. The number of allylic oxidation sites excluding steroid dienone is 1. The van der Waals surface area contributed by atoms with Crippen LogP contribution in [0.5, 0.6) is 5.75 Å². The first-order chi connectivity index (χ1) is 15.4. The van der Waals surface area contributed by atoms with Crippen LogP contribution in [0, 0.1) is 13.8 Å². The second-order valence-electron chi connectivity index (χ2n) is 7.71. The Labute approximate surface area is 194 Å². The van der Waals surface area contributed by atoms with Gasteiger partial charge < -0.3 is 10.1 Å². The number of rotatable bonds is 10. The fourth-order valence-electron chi connectivity index (χ4n) is 3.44. The minimum Gasteiger partial charge on any atom is -0.483 e. The number of hydrogen-bond acceptors (Lipinski definition) is 5. The van der Waals surface area contributed by atoms with Crippen molar-refractivity contribution in [2.24, 2.45) is 0 Å². The van der Waals surface area contributed by atoms with Crippen LogP contribution in [0.1, 0.15) is 42.5 Å². The van der Waals surface area contributed by atoms with Crippen molar-refractivity contribution in [3.8, 4) is 5.75 Å². The molecule has 6 nitrogen and oxygen atoms in total. The largest absolute Gasteiger partial charge is 0.483 e. The van der Waals surface area contributed by atoms with Gasteiger partial charge in [-0.15, -0.1) is 16.8 Å². The Morgan fingerprint density at radius 1 is 1.19 bits per heavy atom. The Kier molecular flexibility index (Phi) is 8.11. The van der Waals surface area contributed by atoms with Crippen molar-refractivity contribution in [2.75, 3.05) is 11.1 Å². The van der Waals surface area contributed by atoms with Crippen LogP contribution in [0.15, 0.2) is 60.3 Å². The number of carbonyl (C=O) groups is 1. The number of hydrogen-bond donors (Lipinski definition) is 1. The summed E-state index contributed by atoms with van der Waals surface area (Å²) in [6.07, 6.45) is 2.48. The van der Waals surface area contributed by atoms with Gasteiger partial charge in [-0.05, 0) is 68.1 Å². The van der Waals surface area contributed by atoms with Crippen molar-refractivity contribution >= 4 is 23.4 Å². The van der Waals surface area contributed by atoms with Gasteiger partial charge in [-0.1, -0.05) is 43.0 Å². The molecule has 1 N–H and O–H groups in total. The van der Waals surface area contributed by atoms with Crippen LogP contribution in [0.3, 0.4) is 0 Å². The van der Waals surface area contributed by atoms with Gasteiger partial charge in [0.15, 0.2) is 17.1 Å². The molecular formula is C25H30N4O2S. The van der Waals surface area contributed by atoms with Gasteiger partial charge in [0.05, 0.1) is 5.75 Å². The molecule has 32 heavy (non-hydrogen) atoms. The monoisotopic (exact) mass is 450 g/mol. The molecule has 0 aliphatic rings. The van der Waals surface area contributed by atoms with Crippen molar-refractivity contribution in [1.82, 2.24) is 14.8 Å². The number of thioether (sulfide) groups is 1. The zero-order chi connectivity index (χ0) is 23.1. The van der Waals surface area contributed by atoms with Gasteiger partial charge in [-0.3, -0.25) is 9.36 Å². The van der Waals surface area contributed by atoms with E-state index < -0.39 is 0 Å². The maximum Gasteiger partial charge on any atom is 0.234 e. The average molecular weight is 451 g/mol. The van der Waals surface area contributed by atoms with E-state index in [0.717, 1.165) is 29.0 Å². The molecule has 0 radical (unpaired) electrons. The minimum atomic E-state index is -0.298. The van der Waals surface area contributed by atoms with Crippen molar-refractivity contribution < 1.29 is 9.53 Å². The Bertz CT molecular complexity index is 1060. The number of ether oxygens (including phenoxy) is 1. The van der Waals surface area contributed by atoms with E-state index in [1.54, 1.807) is 6.08 Å². The Morgan fingerprint density at radius 2 is 1.88 bits per heavy atom. The molecule has 1 heterocycles. The van der Waals surface area contributed by atoms with Gasteiger partial charge in [-0.2, -0.15) is 0 Å². The van der Waals surface area contributed by atoms with Crippen LogP contribution in [0.25, 0.3) is 0 Å². The molecule has 0 aliphatic heterocycles. The van der Waals surface area contributed by atoms with Crippen LogP contribution < -0.4 is 10.1 Å². The van der Waals surface area contributed by atoms with Crippen LogP contribution in [0.4, 0.5) is 5.69 Å². The van der Waals surface area contributed by atoms with Crippen molar-refractivity contribution in [3.63, 3.8) is 0 Å². The van der Waals surface area contributed by atoms with Crippen molar-refractivity contribution in [3.05, 3.63) is 77.6 Å². The molecule has 3 aromatic rings. The Hall–Kier alpha value is -3.06. The maximum atomic E-state index is 12.5. The van der Waals surface area contributed by atoms with E-state index in [-0.39, 0.29) is 17.8 Å². The van der Waals surface area contributed by atoms with Gasteiger partial charge in [0.25, 0.3) is 0 Å². The van der Waals surface area contributed by atoms with E-state index in [1.165, 1.54) is 17.3 Å². The standard InChI is InChI=1S/C25H30N4O2S/c1-6-12-29-24(19(5)31-22-10-8-20(7-2)9-11-22)27-28-25(29)32-16-23(30)26-21-14-17(3)13-18(4)15-21/h6,8-11,13-15,19H,1,7,12,16H2,2-5H3,(H,26,30). The highest BCUT2D eigenvalue weighted by molar-refractivity contribution is 7.99. The molecule has 0 saturated carbocycles. The zero-order valence-electron chi connectivity index (χ0n) is 19.1. The molecule has 0 aliphatic carbocycles. The summed E-state index contributed by atoms with van der Waals surface area (Å²) in [7, 11) is 0. The van der Waals surface area contributed by atoms with E-state index in [2.05, 4.69) is 47.2 Å². The highest BCUT2D eigenvalue weighted by atomic mass is 32.2. The summed E-state index contributed by atoms with van der Waals surface area (Å²) >= 11 is 1.35. The lowest BCUT2D eigenvalue weighted by Crippen LogP contribution is -2.15. The first-order valence-corrected chi connectivity index (χ1v) is 11.7. The molecular weight excluding hydrogens is 420 g/mol. The minimum absolute atomic E-state index is 0.0879. The molecule has 168 valence electrons. The lowest BCUT2D eigenvalue weighted by atomic mass is 10.1. The molecule has 1 amide bonds. The third kappa shape index (κ3) is 6.23. The van der Waals surface area contributed by atoms with E-state index in [4.69, 9.17) is 4.74 Å². The first-order valence-electron chi connectivity index (χ1n) is 10.7. The summed E-state index contributed by atoms with van der Waals surface area (Å²) < 4.78 is 8.02. The van der Waals surface area contributed by atoms with Crippen LogP contribution in [0.2, 0.25) is 0 Å². The van der Waals surface area contributed by atoms with Gasteiger partial charge in [0, 0.05) is 12.2 Å². The average Bonchev–Trinajstić information content (AvgIpc) is 3.15. The lowest BCUT2D eigenvalue weighted by molar-refractivity contribution is -0.113. The molecule has 1 aromatic heterocycles. The fraction of sp³-hybridized carbons (Fsp3) is 0.320. The predicted molar refractivity (Wildman–Crippen MR) is 130 cm³/mol. The Morgan fingerprint density at radius 3 is 2.50 bits per heavy atom. The van der Waals surface area contributed by atoms with Crippen LogP contribution >= 0.6 is 11.8 Å². The highest BCUT2D eigenvalue weighted by Crippen LogP contribution is 2.25. The number of anilines is 1. The normalized spacial score (nSPS) is 11.8. The number of aryl methyl sites for hydroxylation is 3. The lowest BCUT2D eigenvalue weighted by Gasteiger charge is -2.16. The van der Waals surface area contributed by atoms with E-state index in [9.17, 15) is 4.79 Å². The van der Waals surface area contributed by atoms with Crippen LogP contribution in [-0.2, 0) is 17.8 Å². The van der Waals surface area contributed by atoms with Gasteiger partial charge >= 0.3 is 0 Å². The van der Waals surface area contributed by atoms with Gasteiger partial charge in [0.1, 0.15) is 5.75 Å². The summed E-state index contributed by atoms with van der Waals surface area (Å²) in [5, 5.41) is 12.3. The first kappa shape index (κ1) is 23.6. The number of aromatic nitrogens is 3. The summed E-state index contributed by atoms with van der Waals surface area (Å²) in [5.41, 5.74) is 4.29. The number of amides is 1. The molecule has 2 aromatic carbocycles. The third-order valence-corrected chi connectivity index (χ3v) is 5.87. The van der Waals surface area contributed by atoms with Crippen molar-refractivity contribution in [1.29, 1.82) is 0 Å². The molecule has 0 spiro atoms. The molecule has 3 rings (SSSR count). The maximum absolute atomic E-state index is 12.5. The highest BCUT2D eigenvalue weighted by Gasteiger charge is 2.20. The van der Waals surface area contributed by atoms with Crippen molar-refractivity contribution in [2.45, 2.75) is 51.9 Å². The molecule has 7 heteroatoms. The SMILES string of the molecule is C=CCn1c(SCC(=O)Nc2cc(C)cc(C)c2)nnc1C(C)Oc1ccc(CC)cc1. The zero-order valence-corrected chi connectivity index (χ0v) is 19.9. The molecule has 0 fully saturated rings. The Balaban J connectivity index is 1.66. The number of nitrogens with one attached hydrogen (secondary N) is 1. The van der Waals surface area contributed by atoms with Crippen LogP contribution in [-0.4, -0.2) is 26.4 Å². The second kappa shape index (κ2) is 11.0. The van der Waals surface area contributed by atoms with E-state index in [1.807, 2.05) is 49.6 Å². The fourth-order valence-corrected chi connectivity index (χ4v) is 4.20. The van der Waals surface area contributed by atoms with Gasteiger partial charge in [-0.25, -0.2) is 0 Å². The second-order valence-corrected chi connectivity index (χ2v) is 8.65. The number of benzene rings is 2. The van der Waals surface area contributed by atoms with Gasteiger partial charge in [0.2, 0.25) is 5.91 Å². The quantitative estimate of drug-likeness (QED) is 0.326. The number of carbonyl (C=O) groups excluding carboxylic acids is 1. The third-order valence-electron chi connectivity index (χ3n) is 4.90. The summed E-state index contributed by atoms with van der Waals surface area (Å²) in [6, 6.07) is 14.1.